The Hall–Kier alpha value is -1.10. The van der Waals surface area contributed by atoms with Crippen LogP contribution in [-0.2, 0) is 11.2 Å². The molecule has 98 valence electrons. The second kappa shape index (κ2) is 7.36. The van der Waals surface area contributed by atoms with Crippen LogP contribution in [0, 0.1) is 0 Å². The van der Waals surface area contributed by atoms with Crippen LogP contribution in [-0.4, -0.2) is 19.0 Å². The van der Waals surface area contributed by atoms with Crippen molar-refractivity contribution in [2.24, 2.45) is 5.73 Å². The first-order chi connectivity index (χ1) is 8.31. The Morgan fingerprint density at radius 1 is 1.33 bits per heavy atom. The van der Waals surface area contributed by atoms with E-state index in [-0.39, 0.29) is 18.3 Å². The summed E-state index contributed by atoms with van der Waals surface area (Å²) in [7, 11) is 0. The Kier molecular flexibility index (Phi) is 6.12. The van der Waals surface area contributed by atoms with Gasteiger partial charge in [-0.15, -0.1) is 23.7 Å². The van der Waals surface area contributed by atoms with Gasteiger partial charge in [0, 0.05) is 24.2 Å². The van der Waals surface area contributed by atoms with Gasteiger partial charge < -0.3 is 11.1 Å². The summed E-state index contributed by atoms with van der Waals surface area (Å²) in [6.07, 6.45) is 1.28. The average molecular weight is 285 g/mol. The van der Waals surface area contributed by atoms with E-state index in [0.29, 0.717) is 19.5 Å². The van der Waals surface area contributed by atoms with Crippen molar-refractivity contribution in [3.63, 3.8) is 0 Å². The molecule has 1 aromatic carbocycles. The number of nitrogens with two attached hydrogens (primary N) is 1. The second-order valence-electron chi connectivity index (χ2n) is 3.90. The summed E-state index contributed by atoms with van der Waals surface area (Å²) in [6.45, 7) is 1.09. The van der Waals surface area contributed by atoms with Gasteiger partial charge in [0.2, 0.25) is 5.91 Å². The zero-order valence-corrected chi connectivity index (χ0v) is 11.7. The smallest absolute Gasteiger partial charge is 0.221 e. The molecule has 0 bridgehead atoms. The predicted octanol–water partition coefficient (Wildman–Crippen LogP) is 2.33. The summed E-state index contributed by atoms with van der Waals surface area (Å²) in [4.78, 5) is 11.2. The number of thiophene rings is 1. The number of carbonyl (C=O) groups excluding carboxylic acids is 1. The van der Waals surface area contributed by atoms with E-state index in [2.05, 4.69) is 22.8 Å². The molecular formula is C13H17ClN2OS. The molecule has 0 aliphatic rings. The quantitative estimate of drug-likeness (QED) is 0.885. The van der Waals surface area contributed by atoms with Gasteiger partial charge in [0.05, 0.1) is 0 Å². The maximum atomic E-state index is 11.2. The van der Waals surface area contributed by atoms with Crippen LogP contribution < -0.4 is 11.1 Å². The highest BCUT2D eigenvalue weighted by molar-refractivity contribution is 7.17. The minimum Gasteiger partial charge on any atom is -0.356 e. The Morgan fingerprint density at radius 2 is 2.11 bits per heavy atom. The topological polar surface area (TPSA) is 55.1 Å². The third-order valence-electron chi connectivity index (χ3n) is 2.65. The van der Waals surface area contributed by atoms with Crippen LogP contribution in [0.15, 0.2) is 29.6 Å². The fourth-order valence-electron chi connectivity index (χ4n) is 1.78. The van der Waals surface area contributed by atoms with E-state index < -0.39 is 0 Å². The van der Waals surface area contributed by atoms with Gasteiger partial charge in [0.25, 0.3) is 0 Å². The minimum absolute atomic E-state index is 0. The summed E-state index contributed by atoms with van der Waals surface area (Å²) in [5, 5.41) is 6.34. The number of benzene rings is 1. The fourth-order valence-corrected chi connectivity index (χ4v) is 2.78. The molecule has 3 N–H and O–H groups in total. The molecule has 0 spiro atoms. The van der Waals surface area contributed by atoms with E-state index in [4.69, 9.17) is 5.73 Å². The lowest BCUT2D eigenvalue weighted by Gasteiger charge is -2.03. The molecule has 0 atom stereocenters. The SMILES string of the molecule is Cl.NCCC(=O)NCCc1csc2ccccc12. The molecule has 5 heteroatoms. The minimum atomic E-state index is 0. The normalized spacial score (nSPS) is 10.1. The highest BCUT2D eigenvalue weighted by Gasteiger charge is 2.04. The summed E-state index contributed by atoms with van der Waals surface area (Å²) >= 11 is 1.75. The van der Waals surface area contributed by atoms with Crippen molar-refractivity contribution in [1.82, 2.24) is 5.32 Å². The van der Waals surface area contributed by atoms with Crippen molar-refractivity contribution >= 4 is 39.7 Å². The molecule has 1 aromatic heterocycles. The van der Waals surface area contributed by atoms with Gasteiger partial charge in [0.1, 0.15) is 0 Å². The molecule has 0 saturated heterocycles. The molecular weight excluding hydrogens is 268 g/mol. The lowest BCUT2D eigenvalue weighted by molar-refractivity contribution is -0.120. The van der Waals surface area contributed by atoms with E-state index in [9.17, 15) is 4.79 Å². The van der Waals surface area contributed by atoms with Crippen molar-refractivity contribution in [3.8, 4) is 0 Å². The Bertz CT molecular complexity index is 512. The number of amides is 1. The first-order valence-corrected chi connectivity index (χ1v) is 6.61. The molecule has 2 aromatic rings. The predicted molar refractivity (Wildman–Crippen MR) is 79.5 cm³/mol. The number of hydrogen-bond donors (Lipinski definition) is 2. The van der Waals surface area contributed by atoms with Crippen molar-refractivity contribution in [1.29, 1.82) is 0 Å². The number of halogens is 1. The lowest BCUT2D eigenvalue weighted by atomic mass is 10.1. The van der Waals surface area contributed by atoms with Gasteiger partial charge in [-0.2, -0.15) is 0 Å². The third-order valence-corrected chi connectivity index (χ3v) is 3.66. The molecule has 0 fully saturated rings. The highest BCUT2D eigenvalue weighted by atomic mass is 35.5. The molecule has 0 unspecified atom stereocenters. The van der Waals surface area contributed by atoms with Crippen LogP contribution in [0.4, 0.5) is 0 Å². The van der Waals surface area contributed by atoms with Gasteiger partial charge in [0.15, 0.2) is 0 Å². The van der Waals surface area contributed by atoms with E-state index in [1.165, 1.54) is 15.6 Å². The lowest BCUT2D eigenvalue weighted by Crippen LogP contribution is -2.27. The number of rotatable bonds is 5. The van der Waals surface area contributed by atoms with Crippen LogP contribution in [0.5, 0.6) is 0 Å². The number of hydrogen-bond acceptors (Lipinski definition) is 3. The average Bonchev–Trinajstić information content (AvgIpc) is 2.73. The van der Waals surface area contributed by atoms with Crippen molar-refractivity contribution in [2.45, 2.75) is 12.8 Å². The van der Waals surface area contributed by atoms with Crippen LogP contribution in [0.2, 0.25) is 0 Å². The first-order valence-electron chi connectivity index (χ1n) is 5.73. The maximum Gasteiger partial charge on any atom is 0.221 e. The summed E-state index contributed by atoms with van der Waals surface area (Å²) in [5.41, 5.74) is 6.62. The first kappa shape index (κ1) is 15.0. The maximum absolute atomic E-state index is 11.2. The Labute approximate surface area is 117 Å². The molecule has 1 amide bonds. The van der Waals surface area contributed by atoms with Crippen LogP contribution in [0.3, 0.4) is 0 Å². The zero-order valence-electron chi connectivity index (χ0n) is 10.0. The van der Waals surface area contributed by atoms with Gasteiger partial charge in [-0.3, -0.25) is 4.79 Å². The molecule has 0 aliphatic heterocycles. The molecule has 0 radical (unpaired) electrons. The molecule has 3 nitrogen and oxygen atoms in total. The van der Waals surface area contributed by atoms with E-state index in [1.54, 1.807) is 11.3 Å². The Morgan fingerprint density at radius 3 is 2.89 bits per heavy atom. The van der Waals surface area contributed by atoms with Crippen molar-refractivity contribution in [2.75, 3.05) is 13.1 Å². The monoisotopic (exact) mass is 284 g/mol. The summed E-state index contributed by atoms with van der Waals surface area (Å²) in [6, 6.07) is 8.34. The number of carbonyl (C=O) groups is 1. The molecule has 18 heavy (non-hydrogen) atoms. The summed E-state index contributed by atoms with van der Waals surface area (Å²) < 4.78 is 1.30. The van der Waals surface area contributed by atoms with Gasteiger partial charge in [-0.1, -0.05) is 18.2 Å². The van der Waals surface area contributed by atoms with Crippen LogP contribution >= 0.6 is 23.7 Å². The van der Waals surface area contributed by atoms with Gasteiger partial charge >= 0.3 is 0 Å². The molecule has 0 saturated carbocycles. The highest BCUT2D eigenvalue weighted by Crippen LogP contribution is 2.25. The van der Waals surface area contributed by atoms with Crippen molar-refractivity contribution < 1.29 is 4.79 Å². The Balaban J connectivity index is 0.00000162. The second-order valence-corrected chi connectivity index (χ2v) is 4.81. The number of nitrogens with one attached hydrogen (secondary N) is 1. The summed E-state index contributed by atoms with van der Waals surface area (Å²) in [5.74, 6) is 0.0343. The van der Waals surface area contributed by atoms with Crippen LogP contribution in [0.1, 0.15) is 12.0 Å². The number of fused-ring (bicyclic) bond motifs is 1. The fraction of sp³-hybridized carbons (Fsp3) is 0.308. The van der Waals surface area contributed by atoms with E-state index in [1.807, 2.05) is 12.1 Å². The van der Waals surface area contributed by atoms with E-state index in [0.717, 1.165) is 6.42 Å². The van der Waals surface area contributed by atoms with Crippen molar-refractivity contribution in [3.05, 3.63) is 35.2 Å². The van der Waals surface area contributed by atoms with Crippen LogP contribution in [0.25, 0.3) is 10.1 Å². The van der Waals surface area contributed by atoms with Gasteiger partial charge in [-0.05, 0) is 28.8 Å². The van der Waals surface area contributed by atoms with Gasteiger partial charge in [-0.25, -0.2) is 0 Å². The zero-order chi connectivity index (χ0) is 12.1. The molecule has 2 rings (SSSR count). The third kappa shape index (κ3) is 3.70. The standard InChI is InChI=1S/C13H16N2OS.ClH/c14-7-5-13(16)15-8-6-10-9-17-12-4-2-1-3-11(10)12;/h1-4,9H,5-8,14H2,(H,15,16);1H. The largest absolute Gasteiger partial charge is 0.356 e. The molecule has 0 aliphatic carbocycles. The molecule has 1 heterocycles. The van der Waals surface area contributed by atoms with E-state index >= 15 is 0 Å².